The molecule has 21 heavy (non-hydrogen) atoms. The van der Waals surface area contributed by atoms with Crippen LogP contribution in [0.15, 0.2) is 27.8 Å². The molecule has 2 rings (SSSR count). The summed E-state index contributed by atoms with van der Waals surface area (Å²) >= 11 is 3.05. The van der Waals surface area contributed by atoms with Gasteiger partial charge < -0.3 is 16.3 Å². The molecule has 0 bridgehead atoms. The molecule has 8 heteroatoms. The van der Waals surface area contributed by atoms with Crippen LogP contribution < -0.4 is 11.1 Å². The van der Waals surface area contributed by atoms with Gasteiger partial charge in [0.2, 0.25) is 0 Å². The number of anilines is 1. The molecule has 1 aromatic rings. The van der Waals surface area contributed by atoms with Crippen molar-refractivity contribution in [2.24, 2.45) is 16.3 Å². The maximum absolute atomic E-state index is 13.0. The van der Waals surface area contributed by atoms with Crippen molar-refractivity contribution in [3.05, 3.63) is 28.2 Å². The van der Waals surface area contributed by atoms with Crippen molar-refractivity contribution in [3.8, 4) is 0 Å². The minimum Gasteiger partial charge on any atom is -0.409 e. The number of nitrogens with zero attached hydrogens (tertiary/aromatic N) is 1. The molecule has 1 aromatic carbocycles. The summed E-state index contributed by atoms with van der Waals surface area (Å²) in [5.41, 5.74) is 4.58. The van der Waals surface area contributed by atoms with Crippen LogP contribution in [0.25, 0.3) is 0 Å². The maximum atomic E-state index is 13.0. The Balaban J connectivity index is 2.11. The molecule has 0 saturated heterocycles. The average molecular weight is 366 g/mol. The normalized spacial score (nSPS) is 17.6. The topological polar surface area (TPSA) is 70.6 Å². The lowest BCUT2D eigenvalue weighted by atomic mass is 10.0. The van der Waals surface area contributed by atoms with Crippen molar-refractivity contribution in [1.82, 2.24) is 0 Å². The molecule has 0 aromatic heterocycles. The van der Waals surface area contributed by atoms with E-state index in [9.17, 15) is 13.2 Å². The Labute approximate surface area is 128 Å². The molecule has 0 unspecified atom stereocenters. The van der Waals surface area contributed by atoms with Crippen LogP contribution in [0.2, 0.25) is 0 Å². The van der Waals surface area contributed by atoms with Crippen LogP contribution in [0.3, 0.4) is 0 Å². The van der Waals surface area contributed by atoms with E-state index in [2.05, 4.69) is 26.4 Å². The van der Waals surface area contributed by atoms with Crippen LogP contribution >= 0.6 is 15.9 Å². The van der Waals surface area contributed by atoms with Gasteiger partial charge in [-0.25, -0.2) is 0 Å². The molecule has 0 atom stereocenters. The largest absolute Gasteiger partial charge is 0.418 e. The Bertz CT molecular complexity index is 556. The molecule has 0 amide bonds. The first-order valence-electron chi connectivity index (χ1n) is 6.33. The summed E-state index contributed by atoms with van der Waals surface area (Å²) in [5.74, 6) is 0.0983. The number of nitrogens with one attached hydrogen (secondary N) is 1. The number of amidine groups is 1. The van der Waals surface area contributed by atoms with Crippen molar-refractivity contribution in [2.75, 3.05) is 11.9 Å². The highest BCUT2D eigenvalue weighted by Gasteiger charge is 2.43. The van der Waals surface area contributed by atoms with Crippen LogP contribution in [0.4, 0.5) is 18.9 Å². The van der Waals surface area contributed by atoms with Crippen molar-refractivity contribution < 1.29 is 18.4 Å². The fourth-order valence-electron chi connectivity index (χ4n) is 2.20. The zero-order valence-corrected chi connectivity index (χ0v) is 12.6. The lowest BCUT2D eigenvalue weighted by molar-refractivity contribution is -0.137. The quantitative estimate of drug-likeness (QED) is 0.321. The summed E-state index contributed by atoms with van der Waals surface area (Å²) in [6, 6.07) is 4.00. The summed E-state index contributed by atoms with van der Waals surface area (Å²) in [6.45, 7) is 0.355. The number of hydrogen-bond acceptors (Lipinski definition) is 3. The molecule has 0 radical (unpaired) electrons. The standard InChI is InChI=1S/C13H15BrF3N3O/c14-8-1-2-10(9(5-8)13(15,16)17)19-7-12(3-4-12)6-11(18)20-21/h1-2,5,19,21H,3-4,6-7H2,(H2,18,20). The number of nitrogens with two attached hydrogens (primary N) is 1. The monoisotopic (exact) mass is 365 g/mol. The molecule has 116 valence electrons. The first-order chi connectivity index (χ1) is 9.76. The Hall–Kier alpha value is -1.44. The molecular weight excluding hydrogens is 351 g/mol. The third-order valence-corrected chi connectivity index (χ3v) is 4.08. The van der Waals surface area contributed by atoms with Gasteiger partial charge in [0.25, 0.3) is 0 Å². The minimum atomic E-state index is -4.42. The van der Waals surface area contributed by atoms with Crippen LogP contribution in [0.1, 0.15) is 24.8 Å². The van der Waals surface area contributed by atoms with E-state index in [1.165, 1.54) is 6.07 Å². The Kier molecular flexibility index (Phi) is 4.36. The fraction of sp³-hybridized carbons (Fsp3) is 0.462. The molecule has 4 nitrogen and oxygen atoms in total. The smallest absolute Gasteiger partial charge is 0.409 e. The highest BCUT2D eigenvalue weighted by molar-refractivity contribution is 9.10. The van der Waals surface area contributed by atoms with Gasteiger partial charge in [0.1, 0.15) is 5.84 Å². The molecule has 0 spiro atoms. The van der Waals surface area contributed by atoms with Gasteiger partial charge in [0.15, 0.2) is 0 Å². The third kappa shape index (κ3) is 4.03. The molecule has 1 aliphatic carbocycles. The number of rotatable bonds is 5. The van der Waals surface area contributed by atoms with Gasteiger partial charge >= 0.3 is 6.18 Å². The summed E-state index contributed by atoms with van der Waals surface area (Å²) in [7, 11) is 0. The van der Waals surface area contributed by atoms with E-state index in [1.54, 1.807) is 6.07 Å². The fourth-order valence-corrected chi connectivity index (χ4v) is 2.56. The van der Waals surface area contributed by atoms with Crippen LogP contribution in [-0.4, -0.2) is 17.6 Å². The molecule has 0 heterocycles. The molecule has 1 aliphatic rings. The lowest BCUT2D eigenvalue weighted by Gasteiger charge is -2.19. The van der Waals surface area contributed by atoms with E-state index in [4.69, 9.17) is 10.9 Å². The van der Waals surface area contributed by atoms with Gasteiger partial charge in [-0.15, -0.1) is 0 Å². The first-order valence-corrected chi connectivity index (χ1v) is 7.12. The van der Waals surface area contributed by atoms with Crippen LogP contribution in [-0.2, 0) is 6.18 Å². The summed E-state index contributed by atoms with van der Waals surface area (Å²) in [5, 5.41) is 14.3. The van der Waals surface area contributed by atoms with Gasteiger partial charge in [0.05, 0.1) is 5.56 Å². The average Bonchev–Trinajstić information content (AvgIpc) is 3.16. The van der Waals surface area contributed by atoms with Crippen molar-refractivity contribution in [2.45, 2.75) is 25.4 Å². The van der Waals surface area contributed by atoms with Crippen LogP contribution in [0.5, 0.6) is 0 Å². The molecule has 1 fully saturated rings. The van der Waals surface area contributed by atoms with Crippen molar-refractivity contribution in [3.63, 3.8) is 0 Å². The van der Waals surface area contributed by atoms with E-state index >= 15 is 0 Å². The van der Waals surface area contributed by atoms with E-state index in [-0.39, 0.29) is 16.9 Å². The minimum absolute atomic E-state index is 0.0384. The second-order valence-corrected chi connectivity index (χ2v) is 6.23. The number of alkyl halides is 3. The van der Waals surface area contributed by atoms with Crippen molar-refractivity contribution >= 4 is 27.5 Å². The number of hydrogen-bond donors (Lipinski definition) is 3. The first kappa shape index (κ1) is 15.9. The second kappa shape index (κ2) is 5.75. The van der Waals surface area contributed by atoms with Crippen LogP contribution in [0, 0.1) is 5.41 Å². The Morgan fingerprint density at radius 3 is 2.62 bits per heavy atom. The molecule has 0 aliphatic heterocycles. The number of halogens is 4. The Morgan fingerprint density at radius 2 is 2.10 bits per heavy atom. The van der Waals surface area contributed by atoms with E-state index in [1.807, 2.05) is 0 Å². The summed E-state index contributed by atoms with van der Waals surface area (Å²) < 4.78 is 39.4. The SMILES string of the molecule is NC(CC1(CNc2ccc(Br)cc2C(F)(F)F)CC1)=NO. The molecule has 1 saturated carbocycles. The van der Waals surface area contributed by atoms with Gasteiger partial charge in [-0.2, -0.15) is 13.2 Å². The predicted molar refractivity (Wildman–Crippen MR) is 77.3 cm³/mol. The third-order valence-electron chi connectivity index (χ3n) is 3.58. The second-order valence-electron chi connectivity index (χ2n) is 5.31. The molecule has 4 N–H and O–H groups in total. The zero-order valence-electron chi connectivity index (χ0n) is 11.0. The lowest BCUT2D eigenvalue weighted by Crippen LogP contribution is -2.24. The highest BCUT2D eigenvalue weighted by Crippen LogP contribution is 2.49. The Morgan fingerprint density at radius 1 is 1.43 bits per heavy atom. The van der Waals surface area contributed by atoms with E-state index in [0.717, 1.165) is 18.9 Å². The number of oxime groups is 1. The zero-order chi connectivity index (χ0) is 15.7. The number of benzene rings is 1. The van der Waals surface area contributed by atoms with Gasteiger partial charge in [-0.1, -0.05) is 21.1 Å². The van der Waals surface area contributed by atoms with Gasteiger partial charge in [0, 0.05) is 23.1 Å². The highest BCUT2D eigenvalue weighted by atomic mass is 79.9. The summed E-state index contributed by atoms with van der Waals surface area (Å²) in [4.78, 5) is 0. The summed E-state index contributed by atoms with van der Waals surface area (Å²) in [6.07, 6.45) is -2.37. The van der Waals surface area contributed by atoms with Gasteiger partial charge in [-0.3, -0.25) is 0 Å². The predicted octanol–water partition coefficient (Wildman–Crippen LogP) is 3.80. The van der Waals surface area contributed by atoms with Gasteiger partial charge in [-0.05, 0) is 36.5 Å². The van der Waals surface area contributed by atoms with E-state index in [0.29, 0.717) is 17.4 Å². The molecular formula is C13H15BrF3N3O. The van der Waals surface area contributed by atoms with E-state index < -0.39 is 11.7 Å². The maximum Gasteiger partial charge on any atom is 0.418 e. The van der Waals surface area contributed by atoms with Crippen molar-refractivity contribution in [1.29, 1.82) is 0 Å².